The summed E-state index contributed by atoms with van der Waals surface area (Å²) in [6.07, 6.45) is 23.8. The van der Waals surface area contributed by atoms with Crippen LogP contribution in [-0.2, 0) is 5.41 Å². The summed E-state index contributed by atoms with van der Waals surface area (Å²) >= 11 is 0. The summed E-state index contributed by atoms with van der Waals surface area (Å²) in [4.78, 5) is 0. The van der Waals surface area contributed by atoms with Gasteiger partial charge < -0.3 is 10.6 Å². The Labute approximate surface area is 278 Å². The second kappa shape index (κ2) is 16.5. The molecule has 6 rings (SSSR count). The minimum Gasteiger partial charge on any atom is -0.391 e. The van der Waals surface area contributed by atoms with Crippen molar-refractivity contribution in [2.45, 2.75) is 52.9 Å². The normalized spacial score (nSPS) is 17.7. The van der Waals surface area contributed by atoms with E-state index in [4.69, 9.17) is 0 Å². The monoisotopic (exact) mass is 606 g/mol. The van der Waals surface area contributed by atoms with Crippen molar-refractivity contribution >= 4 is 16.9 Å². The van der Waals surface area contributed by atoms with Gasteiger partial charge in [-0.15, -0.1) is 0 Å². The number of hydrogen-bond acceptors (Lipinski definition) is 2. The van der Waals surface area contributed by atoms with Crippen LogP contribution >= 0.6 is 0 Å². The molecular weight excluding hydrogens is 556 g/mol. The van der Waals surface area contributed by atoms with Gasteiger partial charge in [0.05, 0.1) is 0 Å². The van der Waals surface area contributed by atoms with Gasteiger partial charge in [0.25, 0.3) is 0 Å². The average molecular weight is 607 g/mol. The van der Waals surface area contributed by atoms with Crippen LogP contribution in [0.2, 0.25) is 0 Å². The number of anilines is 2. The molecule has 2 aliphatic carbocycles. The van der Waals surface area contributed by atoms with Gasteiger partial charge in [0.2, 0.25) is 0 Å². The summed E-state index contributed by atoms with van der Waals surface area (Å²) in [6, 6.07) is 27.5. The van der Waals surface area contributed by atoms with Crippen molar-refractivity contribution in [3.8, 4) is 0 Å². The fourth-order valence-electron chi connectivity index (χ4n) is 6.02. The Kier molecular flexibility index (Phi) is 12.2. The van der Waals surface area contributed by atoms with E-state index in [1.165, 1.54) is 50.5 Å². The zero-order valence-electron chi connectivity index (χ0n) is 28.5. The highest BCUT2D eigenvalue weighted by atomic mass is 14.9. The van der Waals surface area contributed by atoms with E-state index in [1.54, 1.807) is 0 Å². The number of rotatable bonds is 5. The van der Waals surface area contributed by atoms with Gasteiger partial charge in [0.15, 0.2) is 0 Å². The second-order valence-corrected chi connectivity index (χ2v) is 12.0. The van der Waals surface area contributed by atoms with Gasteiger partial charge in [-0.25, -0.2) is 0 Å². The first-order valence-electron chi connectivity index (χ1n) is 16.6. The molecule has 0 fully saturated rings. The number of fused-ring (bicyclic) bond motifs is 2. The van der Waals surface area contributed by atoms with E-state index in [-0.39, 0.29) is 11.3 Å². The lowest BCUT2D eigenvalue weighted by molar-refractivity contribution is 0.638. The molecule has 1 unspecified atom stereocenters. The first kappa shape index (κ1) is 34.1. The standard InChI is InChI=1S/C36H38N2.C6H6.C2H6/c1-25-12-7-6-8-13-27(25)20-22-33(37-5)26(2)28-14-11-15-29(19-18-28)30-21-23-35-32(24-30)36(3,4)31-16-9-10-17-34(31)38-35;1-2-4-6-5-3-1;1-2/h6-11,13-17,19-24,26,37-38H,1,12,18H2,2-5H3;1-6H;1-2H3/b27-20-,33-22+;;. The van der Waals surface area contributed by atoms with Gasteiger partial charge in [-0.05, 0) is 70.5 Å². The molecule has 3 aliphatic rings. The van der Waals surface area contributed by atoms with E-state index in [0.717, 1.165) is 18.4 Å². The number of hydrogen-bond donors (Lipinski definition) is 2. The molecule has 1 atom stereocenters. The predicted octanol–water partition coefficient (Wildman–Crippen LogP) is 11.8. The van der Waals surface area contributed by atoms with Crippen molar-refractivity contribution in [1.29, 1.82) is 0 Å². The van der Waals surface area contributed by atoms with Crippen LogP contribution in [0.15, 0.2) is 169 Å². The van der Waals surface area contributed by atoms with Gasteiger partial charge >= 0.3 is 0 Å². The van der Waals surface area contributed by atoms with Crippen molar-refractivity contribution in [1.82, 2.24) is 5.32 Å². The van der Waals surface area contributed by atoms with Crippen LogP contribution in [0.5, 0.6) is 0 Å². The van der Waals surface area contributed by atoms with Crippen molar-refractivity contribution in [3.63, 3.8) is 0 Å². The molecule has 0 amide bonds. The number of allylic oxidation sites excluding steroid dienone is 14. The SMILES string of the molecule is C=C1CC=CC=C/C1=C/C=C(/NC)C(C)C1=CC=CC(c2ccc3c(c2)C(C)(C)c2ccccc2N3)=CC1.CC.c1ccccc1. The molecule has 0 radical (unpaired) electrons. The molecule has 1 aliphatic heterocycles. The molecule has 0 saturated carbocycles. The molecule has 0 spiro atoms. The van der Waals surface area contributed by atoms with Crippen molar-refractivity contribution in [2.24, 2.45) is 5.92 Å². The molecule has 0 bridgehead atoms. The van der Waals surface area contributed by atoms with E-state index < -0.39 is 0 Å². The molecular formula is C44H50N2. The van der Waals surface area contributed by atoms with Gasteiger partial charge in [-0.2, -0.15) is 0 Å². The molecule has 0 aromatic heterocycles. The van der Waals surface area contributed by atoms with Gasteiger partial charge in [-0.1, -0.05) is 162 Å². The molecule has 3 aromatic rings. The fourth-order valence-corrected chi connectivity index (χ4v) is 6.02. The third-order valence-corrected chi connectivity index (χ3v) is 8.76. The van der Waals surface area contributed by atoms with Crippen LogP contribution in [0.3, 0.4) is 0 Å². The summed E-state index contributed by atoms with van der Waals surface area (Å²) < 4.78 is 0. The zero-order valence-corrected chi connectivity index (χ0v) is 28.5. The fraction of sp³-hybridized carbons (Fsp3) is 0.227. The maximum Gasteiger partial charge on any atom is 0.0426 e. The lowest BCUT2D eigenvalue weighted by Crippen LogP contribution is -2.26. The van der Waals surface area contributed by atoms with Crippen LogP contribution in [0.25, 0.3) is 5.57 Å². The molecule has 0 saturated heterocycles. The van der Waals surface area contributed by atoms with Crippen molar-refractivity contribution < 1.29 is 0 Å². The second-order valence-electron chi connectivity index (χ2n) is 12.0. The smallest absolute Gasteiger partial charge is 0.0426 e. The first-order chi connectivity index (χ1) is 22.4. The zero-order chi connectivity index (χ0) is 32.9. The van der Waals surface area contributed by atoms with Gasteiger partial charge in [0.1, 0.15) is 0 Å². The summed E-state index contributed by atoms with van der Waals surface area (Å²) in [7, 11) is 2.01. The van der Waals surface area contributed by atoms with E-state index in [9.17, 15) is 0 Å². The maximum atomic E-state index is 4.24. The average Bonchev–Trinajstić information content (AvgIpc) is 3.47. The Morgan fingerprint density at radius 1 is 0.848 bits per heavy atom. The van der Waals surface area contributed by atoms with Crippen LogP contribution in [0.1, 0.15) is 64.2 Å². The highest BCUT2D eigenvalue weighted by Crippen LogP contribution is 2.46. The Balaban J connectivity index is 0.000000531. The number of para-hydroxylation sites is 1. The van der Waals surface area contributed by atoms with E-state index in [2.05, 4.69) is 141 Å². The van der Waals surface area contributed by atoms with Gasteiger partial charge in [0, 0.05) is 35.5 Å². The Bertz CT molecular complexity index is 1680. The lowest BCUT2D eigenvalue weighted by Gasteiger charge is -2.36. The molecule has 3 aromatic carbocycles. The van der Waals surface area contributed by atoms with E-state index >= 15 is 0 Å². The lowest BCUT2D eigenvalue weighted by atomic mass is 9.73. The number of benzene rings is 3. The molecule has 236 valence electrons. The minimum absolute atomic E-state index is 0.0605. The third-order valence-electron chi connectivity index (χ3n) is 8.76. The molecule has 2 nitrogen and oxygen atoms in total. The largest absolute Gasteiger partial charge is 0.391 e. The molecule has 46 heavy (non-hydrogen) atoms. The highest BCUT2D eigenvalue weighted by Gasteiger charge is 2.32. The van der Waals surface area contributed by atoms with Crippen LogP contribution < -0.4 is 10.6 Å². The quantitative estimate of drug-likeness (QED) is 0.302. The maximum absolute atomic E-state index is 4.24. The minimum atomic E-state index is -0.0605. The first-order valence-corrected chi connectivity index (χ1v) is 16.6. The van der Waals surface area contributed by atoms with E-state index in [0.29, 0.717) is 0 Å². The van der Waals surface area contributed by atoms with Crippen molar-refractivity contribution in [3.05, 3.63) is 185 Å². The van der Waals surface area contributed by atoms with Crippen LogP contribution in [-0.4, -0.2) is 7.05 Å². The Morgan fingerprint density at radius 3 is 2.26 bits per heavy atom. The predicted molar refractivity (Wildman–Crippen MR) is 202 cm³/mol. The third kappa shape index (κ3) is 8.25. The Hall–Kier alpha value is -4.82. The summed E-state index contributed by atoms with van der Waals surface area (Å²) in [6.45, 7) is 15.2. The van der Waals surface area contributed by atoms with Crippen molar-refractivity contribution in [2.75, 3.05) is 12.4 Å². The molecule has 2 heteroatoms. The van der Waals surface area contributed by atoms with E-state index in [1.807, 2.05) is 57.3 Å². The van der Waals surface area contributed by atoms with Gasteiger partial charge in [-0.3, -0.25) is 0 Å². The number of nitrogens with one attached hydrogen (secondary N) is 2. The Morgan fingerprint density at radius 2 is 1.54 bits per heavy atom. The summed E-state index contributed by atoms with van der Waals surface area (Å²) in [5.74, 6) is 0.279. The molecule has 2 N–H and O–H groups in total. The summed E-state index contributed by atoms with van der Waals surface area (Å²) in [5, 5.41) is 7.08. The molecule has 1 heterocycles. The summed E-state index contributed by atoms with van der Waals surface area (Å²) in [5.41, 5.74) is 12.5. The topological polar surface area (TPSA) is 24.1 Å². The highest BCUT2D eigenvalue weighted by molar-refractivity contribution is 5.81. The van der Waals surface area contributed by atoms with Crippen LogP contribution in [0, 0.1) is 5.92 Å². The van der Waals surface area contributed by atoms with Crippen LogP contribution in [0.4, 0.5) is 11.4 Å².